The number of nitrogens with zero attached hydrogens (tertiary/aromatic N) is 2. The van der Waals surface area contributed by atoms with Crippen molar-refractivity contribution >= 4 is 17.6 Å². The molecular formula is C17H14N2OS. The highest BCUT2D eigenvalue weighted by Gasteiger charge is 2.22. The quantitative estimate of drug-likeness (QED) is 0.669. The van der Waals surface area contributed by atoms with Crippen LogP contribution in [0.2, 0.25) is 0 Å². The number of hydrogen-bond acceptors (Lipinski definition) is 3. The van der Waals surface area contributed by atoms with Gasteiger partial charge in [-0.1, -0.05) is 30.3 Å². The highest BCUT2D eigenvalue weighted by molar-refractivity contribution is 7.14. The maximum atomic E-state index is 11.1. The van der Waals surface area contributed by atoms with Crippen LogP contribution < -0.4 is 0 Å². The zero-order valence-electron chi connectivity index (χ0n) is 11.5. The number of aromatic nitrogens is 2. The minimum atomic E-state index is 0.800. The third kappa shape index (κ3) is 2.03. The molecule has 4 rings (SSSR count). The van der Waals surface area contributed by atoms with Crippen molar-refractivity contribution < 1.29 is 4.79 Å². The Balaban J connectivity index is 1.96. The van der Waals surface area contributed by atoms with Gasteiger partial charge < -0.3 is 0 Å². The number of fused-ring (bicyclic) bond motifs is 3. The molecule has 0 saturated heterocycles. The molecule has 1 aromatic carbocycles. The second-order valence-corrected chi connectivity index (χ2v) is 6.37. The van der Waals surface area contributed by atoms with E-state index >= 15 is 0 Å². The molecule has 0 bridgehead atoms. The fraction of sp³-hybridized carbons (Fsp3) is 0.176. The van der Waals surface area contributed by atoms with E-state index in [0.717, 1.165) is 41.8 Å². The molecule has 0 amide bonds. The largest absolute Gasteiger partial charge is 0.297 e. The molecule has 104 valence electrons. The summed E-state index contributed by atoms with van der Waals surface area (Å²) in [7, 11) is 0. The lowest BCUT2D eigenvalue weighted by Gasteiger charge is -2.06. The smallest absolute Gasteiger partial charge is 0.160 e. The van der Waals surface area contributed by atoms with Gasteiger partial charge in [-0.25, -0.2) is 0 Å². The number of rotatable bonds is 2. The molecule has 0 atom stereocenters. The Labute approximate surface area is 126 Å². The zero-order chi connectivity index (χ0) is 14.2. The van der Waals surface area contributed by atoms with Gasteiger partial charge in [-0.05, 0) is 24.5 Å². The number of carbonyl (C=O) groups is 1. The summed E-state index contributed by atoms with van der Waals surface area (Å²) >= 11 is 1.61. The molecule has 0 aliphatic carbocycles. The SMILES string of the molecule is O=Cc1cc2c(s1)CCCn1ncc(-c3ccccc3)c1-2. The van der Waals surface area contributed by atoms with Gasteiger partial charge in [-0.2, -0.15) is 5.10 Å². The average molecular weight is 294 g/mol. The summed E-state index contributed by atoms with van der Waals surface area (Å²) in [6.45, 7) is 0.931. The first kappa shape index (κ1) is 12.5. The number of hydrogen-bond donors (Lipinski definition) is 0. The first-order valence-electron chi connectivity index (χ1n) is 7.06. The normalized spacial score (nSPS) is 13.3. The molecule has 21 heavy (non-hydrogen) atoms. The van der Waals surface area contributed by atoms with Gasteiger partial charge in [0.05, 0.1) is 16.8 Å². The molecule has 0 unspecified atom stereocenters. The standard InChI is InChI=1S/C17H14N2OS/c20-11-13-9-14-16(21-13)7-4-8-19-17(14)15(10-18-19)12-5-2-1-3-6-12/h1-3,5-6,9-11H,4,7-8H2. The second kappa shape index (κ2) is 4.97. The van der Waals surface area contributed by atoms with E-state index in [4.69, 9.17) is 0 Å². The van der Waals surface area contributed by atoms with Gasteiger partial charge in [0.15, 0.2) is 6.29 Å². The van der Waals surface area contributed by atoms with Gasteiger partial charge in [0.25, 0.3) is 0 Å². The van der Waals surface area contributed by atoms with Crippen molar-refractivity contribution in [3.8, 4) is 22.4 Å². The molecule has 0 saturated carbocycles. The van der Waals surface area contributed by atoms with Gasteiger partial charge in [0.1, 0.15) is 0 Å². The number of carbonyl (C=O) groups excluding carboxylic acids is 1. The molecule has 3 nitrogen and oxygen atoms in total. The fourth-order valence-corrected chi connectivity index (χ4v) is 3.97. The Bertz CT molecular complexity index is 802. The molecule has 2 aromatic heterocycles. The predicted octanol–water partition coefficient (Wildman–Crippen LogP) is 4.04. The van der Waals surface area contributed by atoms with E-state index in [9.17, 15) is 4.79 Å². The van der Waals surface area contributed by atoms with Crippen LogP contribution in [0.3, 0.4) is 0 Å². The Morgan fingerprint density at radius 2 is 2.05 bits per heavy atom. The molecule has 0 spiro atoms. The van der Waals surface area contributed by atoms with E-state index in [1.165, 1.54) is 16.0 Å². The van der Waals surface area contributed by atoms with Gasteiger partial charge >= 0.3 is 0 Å². The lowest BCUT2D eigenvalue weighted by atomic mass is 10.0. The van der Waals surface area contributed by atoms with Gasteiger partial charge in [0.2, 0.25) is 0 Å². The average Bonchev–Trinajstić information content (AvgIpc) is 3.09. The molecule has 3 aromatic rings. The van der Waals surface area contributed by atoms with E-state index in [-0.39, 0.29) is 0 Å². The van der Waals surface area contributed by atoms with E-state index in [2.05, 4.69) is 21.9 Å². The van der Waals surface area contributed by atoms with E-state index in [1.807, 2.05) is 30.5 Å². The van der Waals surface area contributed by atoms with Crippen LogP contribution in [-0.2, 0) is 13.0 Å². The first-order valence-corrected chi connectivity index (χ1v) is 7.88. The zero-order valence-corrected chi connectivity index (χ0v) is 12.3. The predicted molar refractivity (Wildman–Crippen MR) is 84.7 cm³/mol. The summed E-state index contributed by atoms with van der Waals surface area (Å²) < 4.78 is 2.08. The summed E-state index contributed by atoms with van der Waals surface area (Å²) in [5.41, 5.74) is 4.65. The van der Waals surface area contributed by atoms with Crippen LogP contribution >= 0.6 is 11.3 Å². The maximum Gasteiger partial charge on any atom is 0.160 e. The molecular weight excluding hydrogens is 280 g/mol. The van der Waals surface area contributed by atoms with Crippen molar-refractivity contribution in [1.29, 1.82) is 0 Å². The van der Waals surface area contributed by atoms with Crippen molar-refractivity contribution in [3.63, 3.8) is 0 Å². The van der Waals surface area contributed by atoms with Crippen LogP contribution in [0.4, 0.5) is 0 Å². The van der Waals surface area contributed by atoms with Gasteiger partial charge in [-0.3, -0.25) is 9.48 Å². The topological polar surface area (TPSA) is 34.9 Å². The van der Waals surface area contributed by atoms with Crippen molar-refractivity contribution in [3.05, 3.63) is 52.3 Å². The maximum absolute atomic E-state index is 11.1. The van der Waals surface area contributed by atoms with Crippen LogP contribution in [0, 0.1) is 0 Å². The first-order chi connectivity index (χ1) is 10.4. The van der Waals surface area contributed by atoms with Crippen molar-refractivity contribution in [2.24, 2.45) is 0 Å². The third-order valence-corrected chi connectivity index (χ3v) is 5.02. The molecule has 0 fully saturated rings. The number of benzene rings is 1. The summed E-state index contributed by atoms with van der Waals surface area (Å²) in [4.78, 5) is 13.2. The van der Waals surface area contributed by atoms with Crippen LogP contribution in [0.1, 0.15) is 21.0 Å². The molecule has 3 heterocycles. The summed E-state index contributed by atoms with van der Waals surface area (Å²) in [6.07, 6.45) is 4.97. The summed E-state index contributed by atoms with van der Waals surface area (Å²) in [6, 6.07) is 12.3. The Morgan fingerprint density at radius 3 is 2.86 bits per heavy atom. The fourth-order valence-electron chi connectivity index (χ4n) is 2.95. The lowest BCUT2D eigenvalue weighted by molar-refractivity contribution is 0.112. The number of thiophene rings is 1. The van der Waals surface area contributed by atoms with Crippen LogP contribution in [0.15, 0.2) is 42.6 Å². The minimum Gasteiger partial charge on any atom is -0.297 e. The molecule has 4 heteroatoms. The molecule has 1 aliphatic rings. The van der Waals surface area contributed by atoms with E-state index in [1.54, 1.807) is 11.3 Å². The van der Waals surface area contributed by atoms with E-state index in [0.29, 0.717) is 0 Å². The monoisotopic (exact) mass is 294 g/mol. The second-order valence-electron chi connectivity index (χ2n) is 5.20. The molecule has 0 N–H and O–H groups in total. The highest BCUT2D eigenvalue weighted by Crippen LogP contribution is 2.39. The van der Waals surface area contributed by atoms with E-state index < -0.39 is 0 Å². The van der Waals surface area contributed by atoms with Gasteiger partial charge in [0, 0.05) is 22.5 Å². The Hall–Kier alpha value is -2.20. The van der Waals surface area contributed by atoms with Crippen molar-refractivity contribution in [1.82, 2.24) is 9.78 Å². The van der Waals surface area contributed by atoms with Crippen LogP contribution in [0.5, 0.6) is 0 Å². The van der Waals surface area contributed by atoms with Crippen molar-refractivity contribution in [2.75, 3.05) is 0 Å². The summed E-state index contributed by atoms with van der Waals surface area (Å²) in [5.74, 6) is 0. The van der Waals surface area contributed by atoms with Gasteiger partial charge in [-0.15, -0.1) is 11.3 Å². The highest BCUT2D eigenvalue weighted by atomic mass is 32.1. The Morgan fingerprint density at radius 1 is 1.19 bits per heavy atom. The molecule has 1 aliphatic heterocycles. The Kier molecular flexibility index (Phi) is 2.97. The van der Waals surface area contributed by atoms with Crippen LogP contribution in [-0.4, -0.2) is 16.1 Å². The molecule has 0 radical (unpaired) electrons. The number of aryl methyl sites for hydroxylation is 2. The minimum absolute atomic E-state index is 0.800. The van der Waals surface area contributed by atoms with Crippen molar-refractivity contribution in [2.45, 2.75) is 19.4 Å². The number of aldehydes is 1. The summed E-state index contributed by atoms with van der Waals surface area (Å²) in [5, 5.41) is 4.56. The third-order valence-electron chi connectivity index (χ3n) is 3.90. The lowest BCUT2D eigenvalue weighted by Crippen LogP contribution is -2.00. The van der Waals surface area contributed by atoms with Crippen LogP contribution in [0.25, 0.3) is 22.4 Å².